The van der Waals surface area contributed by atoms with Gasteiger partial charge in [0.15, 0.2) is 0 Å². The highest BCUT2D eigenvalue weighted by atomic mass is 32.2. The van der Waals surface area contributed by atoms with E-state index in [0.717, 1.165) is 44.2 Å². The SMILES string of the molecule is CCS(=O)(=O)Nc1ccc(-c2nnc(SCCN3CCOCC3)o2)cc1. The van der Waals surface area contributed by atoms with E-state index in [-0.39, 0.29) is 5.75 Å². The second kappa shape index (κ2) is 8.85. The highest BCUT2D eigenvalue weighted by Gasteiger charge is 2.13. The lowest BCUT2D eigenvalue weighted by atomic mass is 10.2. The minimum atomic E-state index is -3.28. The van der Waals surface area contributed by atoms with Crippen molar-refractivity contribution in [1.29, 1.82) is 0 Å². The van der Waals surface area contributed by atoms with Crippen LogP contribution < -0.4 is 4.72 Å². The summed E-state index contributed by atoms with van der Waals surface area (Å²) in [6.07, 6.45) is 0. The van der Waals surface area contributed by atoms with Crippen LogP contribution in [0.25, 0.3) is 11.5 Å². The van der Waals surface area contributed by atoms with Crippen molar-refractivity contribution in [3.05, 3.63) is 24.3 Å². The number of ether oxygens (including phenoxy) is 1. The van der Waals surface area contributed by atoms with Gasteiger partial charge in [0, 0.05) is 36.6 Å². The molecule has 142 valence electrons. The van der Waals surface area contributed by atoms with Crippen molar-refractivity contribution < 1.29 is 17.6 Å². The van der Waals surface area contributed by atoms with Gasteiger partial charge in [0.25, 0.3) is 5.22 Å². The fraction of sp³-hybridized carbons (Fsp3) is 0.500. The highest BCUT2D eigenvalue weighted by Crippen LogP contribution is 2.24. The summed E-state index contributed by atoms with van der Waals surface area (Å²) in [5.41, 5.74) is 1.26. The minimum Gasteiger partial charge on any atom is -0.411 e. The van der Waals surface area contributed by atoms with Crippen LogP contribution in [-0.2, 0) is 14.8 Å². The number of benzene rings is 1. The second-order valence-electron chi connectivity index (χ2n) is 5.76. The van der Waals surface area contributed by atoms with Gasteiger partial charge >= 0.3 is 0 Å². The van der Waals surface area contributed by atoms with Crippen molar-refractivity contribution in [3.8, 4) is 11.5 Å². The quantitative estimate of drug-likeness (QED) is 0.674. The molecule has 8 nitrogen and oxygen atoms in total. The van der Waals surface area contributed by atoms with Crippen LogP contribution >= 0.6 is 11.8 Å². The lowest BCUT2D eigenvalue weighted by molar-refractivity contribution is 0.0410. The zero-order valence-electron chi connectivity index (χ0n) is 14.6. The van der Waals surface area contributed by atoms with E-state index in [0.29, 0.717) is 16.8 Å². The molecule has 2 aromatic rings. The maximum Gasteiger partial charge on any atom is 0.276 e. The smallest absolute Gasteiger partial charge is 0.276 e. The molecule has 0 aliphatic carbocycles. The standard InChI is InChI=1S/C16H22N4O4S2/c1-2-26(21,22)19-14-5-3-13(4-6-14)15-17-18-16(24-15)25-12-9-20-7-10-23-11-8-20/h3-6,19H,2,7-12H2,1H3. The number of hydrogen-bond donors (Lipinski definition) is 1. The molecule has 1 aliphatic heterocycles. The average Bonchev–Trinajstić information content (AvgIpc) is 3.12. The van der Waals surface area contributed by atoms with E-state index >= 15 is 0 Å². The van der Waals surface area contributed by atoms with Gasteiger partial charge in [-0.2, -0.15) is 0 Å². The van der Waals surface area contributed by atoms with Gasteiger partial charge in [-0.1, -0.05) is 11.8 Å². The van der Waals surface area contributed by atoms with E-state index in [1.54, 1.807) is 31.2 Å². The molecule has 0 radical (unpaired) electrons. The van der Waals surface area contributed by atoms with Gasteiger partial charge in [-0.15, -0.1) is 10.2 Å². The van der Waals surface area contributed by atoms with E-state index in [1.165, 1.54) is 11.8 Å². The lowest BCUT2D eigenvalue weighted by Gasteiger charge is -2.25. The average molecular weight is 399 g/mol. The van der Waals surface area contributed by atoms with Gasteiger partial charge in [-0.25, -0.2) is 8.42 Å². The molecule has 2 heterocycles. The van der Waals surface area contributed by atoms with Gasteiger partial charge in [-0.05, 0) is 31.2 Å². The number of hydrogen-bond acceptors (Lipinski definition) is 8. The third-order valence-electron chi connectivity index (χ3n) is 3.93. The number of anilines is 1. The Labute approximate surface area is 157 Å². The van der Waals surface area contributed by atoms with Crippen molar-refractivity contribution in [2.75, 3.05) is 49.1 Å². The van der Waals surface area contributed by atoms with Gasteiger partial charge in [0.1, 0.15) is 0 Å². The Balaban J connectivity index is 1.53. The van der Waals surface area contributed by atoms with Crippen molar-refractivity contribution in [2.24, 2.45) is 0 Å². The summed E-state index contributed by atoms with van der Waals surface area (Å²) in [7, 11) is -3.28. The number of morpholine rings is 1. The van der Waals surface area contributed by atoms with Gasteiger partial charge in [-0.3, -0.25) is 9.62 Å². The fourth-order valence-corrected chi connectivity index (χ4v) is 3.80. The van der Waals surface area contributed by atoms with Gasteiger partial charge in [0.2, 0.25) is 15.9 Å². The molecule has 1 N–H and O–H groups in total. The monoisotopic (exact) mass is 398 g/mol. The number of nitrogens with one attached hydrogen (secondary N) is 1. The van der Waals surface area contributed by atoms with Crippen LogP contribution in [0.3, 0.4) is 0 Å². The molecule has 1 fully saturated rings. The number of thioether (sulfide) groups is 1. The molecule has 0 amide bonds. The predicted molar refractivity (Wildman–Crippen MR) is 101 cm³/mol. The first kappa shape index (κ1) is 19.2. The van der Waals surface area contributed by atoms with E-state index in [2.05, 4.69) is 19.8 Å². The topological polar surface area (TPSA) is 97.6 Å². The summed E-state index contributed by atoms with van der Waals surface area (Å²) in [5.74, 6) is 1.33. The molecule has 3 rings (SSSR count). The molecule has 0 atom stereocenters. The zero-order chi connectivity index (χ0) is 18.4. The number of nitrogens with zero attached hydrogens (tertiary/aromatic N) is 3. The molecular formula is C16H22N4O4S2. The normalized spacial score (nSPS) is 15.9. The Bertz CT molecular complexity index is 802. The predicted octanol–water partition coefficient (Wildman–Crippen LogP) is 1.92. The lowest BCUT2D eigenvalue weighted by Crippen LogP contribution is -2.37. The first-order valence-electron chi connectivity index (χ1n) is 8.43. The minimum absolute atomic E-state index is 0.0312. The first-order valence-corrected chi connectivity index (χ1v) is 11.1. The maximum atomic E-state index is 11.6. The Kier molecular flexibility index (Phi) is 6.52. The summed E-state index contributed by atoms with van der Waals surface area (Å²) in [4.78, 5) is 2.35. The van der Waals surface area contributed by atoms with E-state index in [9.17, 15) is 8.42 Å². The Morgan fingerprint density at radius 1 is 1.19 bits per heavy atom. The largest absolute Gasteiger partial charge is 0.411 e. The molecule has 0 spiro atoms. The van der Waals surface area contributed by atoms with Crippen LogP contribution in [0.15, 0.2) is 33.9 Å². The van der Waals surface area contributed by atoms with Crippen molar-refractivity contribution >= 4 is 27.5 Å². The van der Waals surface area contributed by atoms with E-state index in [4.69, 9.17) is 9.15 Å². The molecule has 1 aliphatic rings. The number of aromatic nitrogens is 2. The molecule has 0 bridgehead atoms. The Morgan fingerprint density at radius 2 is 1.92 bits per heavy atom. The molecule has 0 saturated carbocycles. The van der Waals surface area contributed by atoms with Crippen LogP contribution in [0.1, 0.15) is 6.92 Å². The summed E-state index contributed by atoms with van der Waals surface area (Å²) < 4.78 is 36.7. The highest BCUT2D eigenvalue weighted by molar-refractivity contribution is 7.99. The van der Waals surface area contributed by atoms with E-state index < -0.39 is 10.0 Å². The van der Waals surface area contributed by atoms with Crippen LogP contribution in [-0.4, -0.2) is 67.9 Å². The molecule has 0 unspecified atom stereocenters. The maximum absolute atomic E-state index is 11.6. The zero-order valence-corrected chi connectivity index (χ0v) is 16.2. The third-order valence-corrected chi connectivity index (χ3v) is 6.03. The first-order chi connectivity index (χ1) is 12.6. The van der Waals surface area contributed by atoms with E-state index in [1.807, 2.05) is 0 Å². The molecule has 1 aromatic carbocycles. The Hall–Kier alpha value is -1.62. The second-order valence-corrected chi connectivity index (χ2v) is 8.82. The van der Waals surface area contributed by atoms with Crippen LogP contribution in [0.4, 0.5) is 5.69 Å². The van der Waals surface area contributed by atoms with Crippen molar-refractivity contribution in [2.45, 2.75) is 12.1 Å². The van der Waals surface area contributed by atoms with Gasteiger partial charge in [0.05, 0.1) is 19.0 Å². The Morgan fingerprint density at radius 3 is 2.62 bits per heavy atom. The molecular weight excluding hydrogens is 376 g/mol. The van der Waals surface area contributed by atoms with Crippen LogP contribution in [0.5, 0.6) is 0 Å². The number of sulfonamides is 1. The summed E-state index contributed by atoms with van der Waals surface area (Å²) >= 11 is 1.53. The fourth-order valence-electron chi connectivity index (χ4n) is 2.40. The summed E-state index contributed by atoms with van der Waals surface area (Å²) in [6.45, 7) is 6.05. The molecule has 1 saturated heterocycles. The van der Waals surface area contributed by atoms with Crippen molar-refractivity contribution in [1.82, 2.24) is 15.1 Å². The molecule has 26 heavy (non-hydrogen) atoms. The molecule has 1 aromatic heterocycles. The summed E-state index contributed by atoms with van der Waals surface area (Å²) in [6, 6.07) is 6.86. The van der Waals surface area contributed by atoms with Gasteiger partial charge < -0.3 is 9.15 Å². The van der Waals surface area contributed by atoms with Crippen LogP contribution in [0, 0.1) is 0 Å². The third kappa shape index (κ3) is 5.44. The summed E-state index contributed by atoms with van der Waals surface area (Å²) in [5, 5.41) is 8.66. The number of rotatable bonds is 8. The van der Waals surface area contributed by atoms with Crippen LogP contribution in [0.2, 0.25) is 0 Å². The molecule has 10 heteroatoms. The van der Waals surface area contributed by atoms with Crippen molar-refractivity contribution in [3.63, 3.8) is 0 Å².